The first-order valence-electron chi connectivity index (χ1n) is 8.73. The monoisotopic (exact) mass is 562 g/mol. The van der Waals surface area contributed by atoms with Crippen LogP contribution < -0.4 is 5.43 Å². The van der Waals surface area contributed by atoms with Gasteiger partial charge in [0.1, 0.15) is 5.58 Å². The number of fused-ring (bicyclic) bond motifs is 1. The van der Waals surface area contributed by atoms with Crippen LogP contribution in [0.5, 0.6) is 0 Å². The van der Waals surface area contributed by atoms with Crippen LogP contribution in [0.2, 0.25) is 5.02 Å². The van der Waals surface area contributed by atoms with Crippen molar-refractivity contribution in [1.82, 2.24) is 5.43 Å². The molecule has 0 fully saturated rings. The summed E-state index contributed by atoms with van der Waals surface area (Å²) in [6.45, 7) is 0. The third-order valence-electron chi connectivity index (χ3n) is 4.07. The van der Waals surface area contributed by atoms with Gasteiger partial charge in [0.2, 0.25) is 0 Å². The highest BCUT2D eigenvalue weighted by Crippen LogP contribution is 2.31. The first-order chi connectivity index (χ1) is 14.5. The molecule has 0 aliphatic carbocycles. The Bertz CT molecular complexity index is 1240. The third-order valence-corrected chi connectivity index (χ3v) is 6.38. The first-order valence-corrected chi connectivity index (χ1v) is 11.5. The van der Waals surface area contributed by atoms with Crippen molar-refractivity contribution in [3.05, 3.63) is 92.0 Å². The highest BCUT2D eigenvalue weighted by Gasteiger charge is 2.14. The zero-order chi connectivity index (χ0) is 21.1. The minimum absolute atomic E-state index is 0.190. The van der Waals surface area contributed by atoms with Crippen molar-refractivity contribution >= 4 is 78.3 Å². The molecule has 0 saturated carbocycles. The van der Waals surface area contributed by atoms with Crippen LogP contribution in [0.1, 0.15) is 16.1 Å². The van der Waals surface area contributed by atoms with E-state index in [1.165, 1.54) is 0 Å². The van der Waals surface area contributed by atoms with E-state index >= 15 is 0 Å². The Hall–Kier alpha value is -2.06. The van der Waals surface area contributed by atoms with Gasteiger partial charge in [-0.2, -0.15) is 5.10 Å². The molecule has 1 heterocycles. The molecule has 0 aliphatic rings. The minimum Gasteiger partial charge on any atom is -0.450 e. The predicted octanol–water partition coefficient (Wildman–Crippen LogP) is 7.53. The molecule has 0 aliphatic heterocycles. The molecule has 1 aromatic heterocycles. The number of halogens is 3. The average Bonchev–Trinajstić information content (AvgIpc) is 3.15. The zero-order valence-corrected chi connectivity index (χ0v) is 20.0. The van der Waals surface area contributed by atoms with Crippen LogP contribution in [0.15, 0.2) is 95.0 Å². The number of benzene rings is 3. The molecule has 4 rings (SSSR count). The number of nitrogens with zero attached hydrogens (tertiary/aromatic N) is 1. The van der Waals surface area contributed by atoms with Crippen LogP contribution in [-0.2, 0) is 0 Å². The number of amides is 1. The summed E-state index contributed by atoms with van der Waals surface area (Å²) in [6.07, 6.45) is 1.59. The molecule has 0 unspecified atom stereocenters. The Balaban J connectivity index is 1.38. The Morgan fingerprint density at radius 1 is 1.00 bits per heavy atom. The van der Waals surface area contributed by atoms with Gasteiger partial charge in [-0.05, 0) is 76.1 Å². The van der Waals surface area contributed by atoms with E-state index in [1.54, 1.807) is 24.0 Å². The summed E-state index contributed by atoms with van der Waals surface area (Å²) in [5.74, 6) is -0.226. The lowest BCUT2D eigenvalue weighted by Crippen LogP contribution is -2.16. The molecule has 0 radical (unpaired) electrons. The normalized spacial score (nSPS) is 11.3. The molecule has 3 aromatic carbocycles. The van der Waals surface area contributed by atoms with Gasteiger partial charge in [-0.15, -0.1) is 0 Å². The highest BCUT2D eigenvalue weighted by atomic mass is 79.9. The standard InChI is InChI=1S/C22H13Br2ClN2O2S/c23-15-9-14-10-20(29-21(14)19(24)11-15)22(28)27-26-12-13-1-5-17(6-2-13)30-18-7-3-16(25)4-8-18/h1-12H,(H,27,28)/b26-12-. The smallest absolute Gasteiger partial charge is 0.307 e. The molecule has 150 valence electrons. The molecule has 8 heteroatoms. The fourth-order valence-electron chi connectivity index (χ4n) is 2.67. The van der Waals surface area contributed by atoms with E-state index in [9.17, 15) is 4.79 Å². The molecule has 4 aromatic rings. The number of hydrogen-bond acceptors (Lipinski definition) is 4. The topological polar surface area (TPSA) is 54.6 Å². The number of furan rings is 1. The third kappa shape index (κ3) is 5.16. The Morgan fingerprint density at radius 3 is 2.37 bits per heavy atom. The number of nitrogens with one attached hydrogen (secondary N) is 1. The van der Waals surface area contributed by atoms with Gasteiger partial charge in [-0.3, -0.25) is 4.79 Å². The zero-order valence-electron chi connectivity index (χ0n) is 15.2. The van der Waals surface area contributed by atoms with E-state index in [2.05, 4.69) is 42.4 Å². The average molecular weight is 565 g/mol. The van der Waals surface area contributed by atoms with Crippen LogP contribution in [0, 0.1) is 0 Å². The minimum atomic E-state index is -0.416. The number of hydrazone groups is 1. The van der Waals surface area contributed by atoms with E-state index in [4.69, 9.17) is 16.0 Å². The van der Waals surface area contributed by atoms with E-state index < -0.39 is 5.91 Å². The van der Waals surface area contributed by atoms with Crippen molar-refractivity contribution in [3.8, 4) is 0 Å². The number of rotatable bonds is 5. The molecule has 0 atom stereocenters. The highest BCUT2D eigenvalue weighted by molar-refractivity contribution is 9.11. The maximum absolute atomic E-state index is 12.3. The molecule has 1 N–H and O–H groups in total. The summed E-state index contributed by atoms with van der Waals surface area (Å²) in [4.78, 5) is 14.5. The summed E-state index contributed by atoms with van der Waals surface area (Å²) in [5.41, 5.74) is 3.97. The number of carbonyl (C=O) groups is 1. The summed E-state index contributed by atoms with van der Waals surface area (Å²) >= 11 is 14.4. The lowest BCUT2D eigenvalue weighted by molar-refractivity contribution is 0.0929. The molecule has 30 heavy (non-hydrogen) atoms. The fourth-order valence-corrected chi connectivity index (χ4v) is 4.95. The van der Waals surface area contributed by atoms with Gasteiger partial charge in [-0.1, -0.05) is 51.4 Å². The van der Waals surface area contributed by atoms with Crippen molar-refractivity contribution in [2.45, 2.75) is 9.79 Å². The largest absolute Gasteiger partial charge is 0.450 e. The van der Waals surface area contributed by atoms with E-state index in [0.29, 0.717) is 5.58 Å². The van der Waals surface area contributed by atoms with Gasteiger partial charge in [0.25, 0.3) is 0 Å². The van der Waals surface area contributed by atoms with Crippen LogP contribution in [0.4, 0.5) is 0 Å². The second-order valence-electron chi connectivity index (χ2n) is 6.24. The number of hydrogen-bond donors (Lipinski definition) is 1. The van der Waals surface area contributed by atoms with Crippen molar-refractivity contribution in [3.63, 3.8) is 0 Å². The lowest BCUT2D eigenvalue weighted by Gasteiger charge is -2.02. The second kappa shape index (κ2) is 9.39. The summed E-state index contributed by atoms with van der Waals surface area (Å²) < 4.78 is 7.30. The van der Waals surface area contributed by atoms with Gasteiger partial charge in [0.15, 0.2) is 5.76 Å². The van der Waals surface area contributed by atoms with Gasteiger partial charge in [0.05, 0.1) is 10.7 Å². The molecule has 0 spiro atoms. The molecule has 0 bridgehead atoms. The molecular weight excluding hydrogens is 552 g/mol. The van der Waals surface area contributed by atoms with Gasteiger partial charge >= 0.3 is 5.91 Å². The van der Waals surface area contributed by atoms with Crippen LogP contribution in [0.25, 0.3) is 11.0 Å². The van der Waals surface area contributed by atoms with Gasteiger partial charge < -0.3 is 4.42 Å². The van der Waals surface area contributed by atoms with Gasteiger partial charge in [-0.25, -0.2) is 5.43 Å². The van der Waals surface area contributed by atoms with Crippen molar-refractivity contribution in [2.75, 3.05) is 0 Å². The molecule has 1 amide bonds. The predicted molar refractivity (Wildman–Crippen MR) is 129 cm³/mol. The Morgan fingerprint density at radius 2 is 1.67 bits per heavy atom. The second-order valence-corrected chi connectivity index (χ2v) is 9.59. The van der Waals surface area contributed by atoms with Gasteiger partial charge in [0, 0.05) is 24.7 Å². The Kier molecular flexibility index (Phi) is 6.63. The molecular formula is C22H13Br2ClN2O2S. The van der Waals surface area contributed by atoms with Crippen molar-refractivity contribution < 1.29 is 9.21 Å². The molecule has 0 saturated heterocycles. The van der Waals surface area contributed by atoms with Crippen molar-refractivity contribution in [1.29, 1.82) is 0 Å². The Labute approximate surface area is 198 Å². The van der Waals surface area contributed by atoms with E-state index in [0.717, 1.165) is 34.7 Å². The quantitative estimate of drug-likeness (QED) is 0.201. The fraction of sp³-hybridized carbons (Fsp3) is 0. The lowest BCUT2D eigenvalue weighted by atomic mass is 10.2. The summed E-state index contributed by atoms with van der Waals surface area (Å²) in [5, 5.41) is 5.56. The van der Waals surface area contributed by atoms with E-state index in [-0.39, 0.29) is 5.76 Å². The van der Waals surface area contributed by atoms with Crippen LogP contribution >= 0.6 is 55.2 Å². The maximum Gasteiger partial charge on any atom is 0.307 e. The summed E-state index contributed by atoms with van der Waals surface area (Å²) in [6, 6.07) is 21.0. The number of carbonyl (C=O) groups excluding carboxylic acids is 1. The van der Waals surface area contributed by atoms with Crippen LogP contribution in [0.3, 0.4) is 0 Å². The van der Waals surface area contributed by atoms with E-state index in [1.807, 2.05) is 60.7 Å². The van der Waals surface area contributed by atoms with Crippen LogP contribution in [-0.4, -0.2) is 12.1 Å². The molecule has 4 nitrogen and oxygen atoms in total. The summed E-state index contributed by atoms with van der Waals surface area (Å²) in [7, 11) is 0. The first kappa shape index (κ1) is 21.2. The van der Waals surface area contributed by atoms with Crippen molar-refractivity contribution in [2.24, 2.45) is 5.10 Å². The maximum atomic E-state index is 12.3. The SMILES string of the molecule is O=C(N/N=C\c1ccc(Sc2ccc(Cl)cc2)cc1)c1cc2cc(Br)cc(Br)c2o1.